The Morgan fingerprint density at radius 3 is 2.79 bits per heavy atom. The first-order valence-corrected chi connectivity index (χ1v) is 7.01. The largest absolute Gasteiger partial charge is 0.389 e. The van der Waals surface area contributed by atoms with Crippen LogP contribution in [0, 0.1) is 5.82 Å². The zero-order chi connectivity index (χ0) is 13.7. The van der Waals surface area contributed by atoms with Gasteiger partial charge in [-0.15, -0.1) is 0 Å². The molecule has 1 aliphatic rings. The number of benzene rings is 1. The molecule has 2 rings (SSSR count). The highest BCUT2D eigenvalue weighted by atomic mass is 35.5. The second-order valence-electron chi connectivity index (χ2n) is 4.93. The Balaban J connectivity index is 1.71. The van der Waals surface area contributed by atoms with Gasteiger partial charge in [0.2, 0.25) is 0 Å². The summed E-state index contributed by atoms with van der Waals surface area (Å²) in [6.07, 6.45) is 4.27. The van der Waals surface area contributed by atoms with Crippen molar-refractivity contribution in [3.63, 3.8) is 0 Å². The molecule has 0 spiro atoms. The van der Waals surface area contributed by atoms with E-state index in [9.17, 15) is 9.50 Å². The van der Waals surface area contributed by atoms with Crippen molar-refractivity contribution in [3.05, 3.63) is 29.0 Å². The Hall–Kier alpha value is -0.840. The minimum Gasteiger partial charge on any atom is -0.389 e. The van der Waals surface area contributed by atoms with Gasteiger partial charge in [0.1, 0.15) is 5.82 Å². The van der Waals surface area contributed by atoms with Crippen LogP contribution in [0.5, 0.6) is 0 Å². The first-order valence-electron chi connectivity index (χ1n) is 6.63. The molecule has 0 aliphatic heterocycles. The maximum absolute atomic E-state index is 13.1. The van der Waals surface area contributed by atoms with E-state index in [0.717, 1.165) is 12.8 Å². The molecule has 1 saturated carbocycles. The molecule has 1 fully saturated rings. The van der Waals surface area contributed by atoms with Crippen molar-refractivity contribution < 1.29 is 14.2 Å². The first kappa shape index (κ1) is 14.6. The predicted octanol–water partition coefficient (Wildman–Crippen LogP) is 3.21. The van der Waals surface area contributed by atoms with Crippen LogP contribution in [0.2, 0.25) is 5.02 Å². The van der Waals surface area contributed by atoms with Gasteiger partial charge in [0, 0.05) is 17.3 Å². The fourth-order valence-corrected chi connectivity index (χ4v) is 2.47. The van der Waals surface area contributed by atoms with Crippen LogP contribution in [0.4, 0.5) is 10.1 Å². The number of aliphatic hydroxyl groups is 1. The van der Waals surface area contributed by atoms with Crippen molar-refractivity contribution in [2.45, 2.75) is 37.9 Å². The number of hydrogen-bond acceptors (Lipinski definition) is 3. The number of aliphatic hydroxyl groups excluding tert-OH is 1. The summed E-state index contributed by atoms with van der Waals surface area (Å²) in [5.41, 5.74) is 0.560. The molecule has 0 saturated heterocycles. The zero-order valence-electron chi connectivity index (χ0n) is 10.7. The molecule has 1 atom stereocenters. The van der Waals surface area contributed by atoms with Crippen molar-refractivity contribution in [1.82, 2.24) is 0 Å². The lowest BCUT2D eigenvalue weighted by atomic mass is 10.3. The average molecular weight is 288 g/mol. The minimum atomic E-state index is -0.609. The Morgan fingerprint density at radius 2 is 2.11 bits per heavy atom. The molecule has 106 valence electrons. The van der Waals surface area contributed by atoms with E-state index < -0.39 is 11.9 Å². The molecule has 1 aromatic rings. The molecule has 1 unspecified atom stereocenters. The van der Waals surface area contributed by atoms with Gasteiger partial charge in [-0.2, -0.15) is 0 Å². The van der Waals surface area contributed by atoms with E-state index >= 15 is 0 Å². The highest BCUT2D eigenvalue weighted by molar-refractivity contribution is 6.30. The number of hydrogen-bond donors (Lipinski definition) is 2. The van der Waals surface area contributed by atoms with E-state index in [1.807, 2.05) is 0 Å². The van der Waals surface area contributed by atoms with Crippen LogP contribution in [0.25, 0.3) is 0 Å². The second kappa shape index (κ2) is 7.08. The third-order valence-electron chi connectivity index (χ3n) is 3.23. The fourth-order valence-electron chi connectivity index (χ4n) is 2.25. The van der Waals surface area contributed by atoms with Crippen LogP contribution in [-0.4, -0.2) is 30.5 Å². The van der Waals surface area contributed by atoms with Gasteiger partial charge in [-0.05, 0) is 31.0 Å². The van der Waals surface area contributed by atoms with Crippen LogP contribution in [-0.2, 0) is 4.74 Å². The summed E-state index contributed by atoms with van der Waals surface area (Å²) in [6, 6.07) is 4.21. The summed E-state index contributed by atoms with van der Waals surface area (Å²) >= 11 is 5.75. The number of anilines is 1. The molecule has 0 heterocycles. The molecular formula is C14H19ClFNO2. The van der Waals surface area contributed by atoms with Crippen molar-refractivity contribution >= 4 is 17.3 Å². The first-order chi connectivity index (χ1) is 9.13. The zero-order valence-corrected chi connectivity index (χ0v) is 11.5. The summed E-state index contributed by atoms with van der Waals surface area (Å²) < 4.78 is 18.7. The highest BCUT2D eigenvalue weighted by Gasteiger charge is 2.16. The van der Waals surface area contributed by atoms with Gasteiger partial charge >= 0.3 is 0 Å². The molecule has 2 N–H and O–H groups in total. The molecule has 0 amide bonds. The molecule has 1 aliphatic carbocycles. The fraction of sp³-hybridized carbons (Fsp3) is 0.571. The molecule has 5 heteroatoms. The van der Waals surface area contributed by atoms with Crippen LogP contribution in [0.15, 0.2) is 18.2 Å². The Labute approximate surface area is 117 Å². The molecule has 0 bridgehead atoms. The van der Waals surface area contributed by atoms with E-state index in [1.54, 1.807) is 6.07 Å². The van der Waals surface area contributed by atoms with Crippen LogP contribution >= 0.6 is 11.6 Å². The lowest BCUT2D eigenvalue weighted by Crippen LogP contribution is -2.27. The van der Waals surface area contributed by atoms with Gasteiger partial charge in [-0.25, -0.2) is 4.39 Å². The van der Waals surface area contributed by atoms with Crippen molar-refractivity contribution in [3.8, 4) is 0 Å². The molecular weight excluding hydrogens is 269 g/mol. The smallest absolute Gasteiger partial charge is 0.126 e. The Kier molecular flexibility index (Phi) is 5.43. The number of rotatable bonds is 6. The Morgan fingerprint density at radius 1 is 1.37 bits per heavy atom. The van der Waals surface area contributed by atoms with Crippen LogP contribution in [0.1, 0.15) is 25.7 Å². The van der Waals surface area contributed by atoms with E-state index in [4.69, 9.17) is 16.3 Å². The molecule has 0 radical (unpaired) electrons. The number of halogens is 2. The van der Waals surface area contributed by atoms with Crippen LogP contribution in [0.3, 0.4) is 0 Å². The van der Waals surface area contributed by atoms with Gasteiger partial charge in [0.25, 0.3) is 0 Å². The second-order valence-corrected chi connectivity index (χ2v) is 5.37. The number of ether oxygens (including phenoxy) is 1. The summed E-state index contributed by atoms with van der Waals surface area (Å²) in [5, 5.41) is 13.1. The lowest BCUT2D eigenvalue weighted by Gasteiger charge is -2.16. The molecule has 1 aromatic carbocycles. The van der Waals surface area contributed by atoms with E-state index in [2.05, 4.69) is 5.32 Å². The quantitative estimate of drug-likeness (QED) is 0.844. The highest BCUT2D eigenvalue weighted by Crippen LogP contribution is 2.21. The van der Waals surface area contributed by atoms with E-state index in [-0.39, 0.29) is 0 Å². The third kappa shape index (κ3) is 4.97. The predicted molar refractivity (Wildman–Crippen MR) is 74.1 cm³/mol. The molecule has 0 aromatic heterocycles. The third-order valence-corrected chi connectivity index (χ3v) is 3.45. The summed E-state index contributed by atoms with van der Waals surface area (Å²) in [5.74, 6) is -0.397. The van der Waals surface area contributed by atoms with Gasteiger partial charge in [0.15, 0.2) is 0 Å². The van der Waals surface area contributed by atoms with Crippen molar-refractivity contribution in [1.29, 1.82) is 0 Å². The van der Waals surface area contributed by atoms with Crippen LogP contribution < -0.4 is 5.32 Å². The summed E-state index contributed by atoms with van der Waals surface area (Å²) in [7, 11) is 0. The standard InChI is InChI=1S/C14H19ClFNO2/c15-10-5-11(16)7-12(6-10)17-8-13(18)9-19-14-3-1-2-4-14/h5-7,13-14,17-18H,1-4,8-9H2. The normalized spacial score (nSPS) is 17.6. The minimum absolute atomic E-state index is 0.290. The van der Waals surface area contributed by atoms with E-state index in [0.29, 0.717) is 30.0 Å². The van der Waals surface area contributed by atoms with Crippen molar-refractivity contribution in [2.24, 2.45) is 0 Å². The molecule has 3 nitrogen and oxygen atoms in total. The van der Waals surface area contributed by atoms with Gasteiger partial charge < -0.3 is 15.2 Å². The van der Waals surface area contributed by atoms with Crippen molar-refractivity contribution in [2.75, 3.05) is 18.5 Å². The molecule has 19 heavy (non-hydrogen) atoms. The Bertz CT molecular complexity index is 390. The number of nitrogens with one attached hydrogen (secondary N) is 1. The van der Waals surface area contributed by atoms with E-state index in [1.165, 1.54) is 25.0 Å². The van der Waals surface area contributed by atoms with Gasteiger partial charge in [0.05, 0.1) is 18.8 Å². The van der Waals surface area contributed by atoms with Gasteiger partial charge in [-0.3, -0.25) is 0 Å². The summed E-state index contributed by atoms with van der Waals surface area (Å²) in [6.45, 7) is 0.618. The maximum atomic E-state index is 13.1. The topological polar surface area (TPSA) is 41.5 Å². The summed E-state index contributed by atoms with van der Waals surface area (Å²) in [4.78, 5) is 0. The maximum Gasteiger partial charge on any atom is 0.126 e. The monoisotopic (exact) mass is 287 g/mol. The SMILES string of the molecule is OC(CNc1cc(F)cc(Cl)c1)COC1CCCC1. The average Bonchev–Trinajstić information content (AvgIpc) is 2.86. The van der Waals surface area contributed by atoms with Gasteiger partial charge in [-0.1, -0.05) is 24.4 Å². The lowest BCUT2D eigenvalue weighted by molar-refractivity contribution is -0.00117.